The minimum Gasteiger partial charge on any atom is -0.250 e. The molecule has 1 aliphatic rings. The molecule has 0 unspecified atom stereocenters. The molecule has 0 N–H and O–H groups in total. The lowest BCUT2D eigenvalue weighted by molar-refractivity contribution is 0.331. The molecule has 3 rings (SSSR count). The van der Waals surface area contributed by atoms with Gasteiger partial charge in [0.25, 0.3) is 0 Å². The minimum atomic E-state index is 0.260. The van der Waals surface area contributed by atoms with Gasteiger partial charge in [-0.25, -0.2) is 4.98 Å². The molecule has 0 bridgehead atoms. The van der Waals surface area contributed by atoms with Crippen LogP contribution in [0.15, 0.2) is 30.3 Å². The Kier molecular flexibility index (Phi) is 4.22. The molecule has 1 heterocycles. The lowest BCUT2D eigenvalue weighted by Crippen LogP contribution is -2.34. The monoisotopic (exact) mass is 325 g/mol. The minimum absolute atomic E-state index is 0.260. The van der Waals surface area contributed by atoms with Crippen molar-refractivity contribution in [3.8, 4) is 0 Å². The Balaban J connectivity index is 2.02. The average molecular weight is 326 g/mol. The lowest BCUT2D eigenvalue weighted by atomic mass is 9.62. The van der Waals surface area contributed by atoms with E-state index in [0.717, 1.165) is 12.8 Å². The first-order valence-electron chi connectivity index (χ1n) is 8.52. The second kappa shape index (κ2) is 5.90. The van der Waals surface area contributed by atoms with Gasteiger partial charge in [0.05, 0.1) is 5.01 Å². The Morgan fingerprint density at radius 3 is 2.30 bits per heavy atom. The fourth-order valence-electron chi connectivity index (χ4n) is 3.70. The summed E-state index contributed by atoms with van der Waals surface area (Å²) in [4.78, 5) is 4.42. The summed E-state index contributed by atoms with van der Waals surface area (Å²) in [7, 11) is 0. The molecule has 0 aliphatic heterocycles. The first kappa shape index (κ1) is 16.4. The Hall–Kier alpha value is -1.41. The number of rotatable bonds is 4. The summed E-state index contributed by atoms with van der Waals surface area (Å²) in [5, 5.41) is 3.28. The van der Waals surface area contributed by atoms with Gasteiger partial charge in [-0.05, 0) is 52.3 Å². The third kappa shape index (κ3) is 3.14. The van der Waals surface area contributed by atoms with Crippen LogP contribution in [0.2, 0.25) is 0 Å². The Morgan fingerprint density at radius 2 is 1.74 bits per heavy atom. The molecule has 0 spiro atoms. The average Bonchev–Trinajstić information content (AvgIpc) is 3.02. The number of hydrogen-bond acceptors (Lipinski definition) is 2. The van der Waals surface area contributed by atoms with E-state index in [2.05, 4.69) is 56.8 Å². The van der Waals surface area contributed by atoms with E-state index in [4.69, 9.17) is 0 Å². The van der Waals surface area contributed by atoms with Gasteiger partial charge in [0.1, 0.15) is 0 Å². The molecule has 2 aromatic rings. The summed E-state index contributed by atoms with van der Waals surface area (Å²) in [6.07, 6.45) is 8.48. The van der Waals surface area contributed by atoms with Crippen molar-refractivity contribution < 1.29 is 0 Å². The van der Waals surface area contributed by atoms with Crippen LogP contribution in [0.4, 0.5) is 0 Å². The highest BCUT2D eigenvalue weighted by Crippen LogP contribution is 2.46. The van der Waals surface area contributed by atoms with Crippen LogP contribution in [0.5, 0.6) is 0 Å². The first-order chi connectivity index (χ1) is 10.8. The van der Waals surface area contributed by atoms with Crippen LogP contribution in [0.1, 0.15) is 67.8 Å². The van der Waals surface area contributed by atoms with Gasteiger partial charge >= 0.3 is 0 Å². The van der Waals surface area contributed by atoms with Crippen LogP contribution in [0.25, 0.3) is 6.08 Å². The standard InChI is InChI=1S/C21H27NS/c1-6-15-13-17-18(21(4,5)10-9-20(17,2)3)14-16(15)7-8-19-22-11-12-23-19/h6,11-14H,1,7-10H2,2-5H3. The Bertz CT molecular complexity index is 708. The number of thiazole rings is 1. The van der Waals surface area contributed by atoms with Crippen molar-refractivity contribution >= 4 is 17.4 Å². The molecule has 1 nitrogen and oxygen atoms in total. The van der Waals surface area contributed by atoms with Gasteiger partial charge in [0.2, 0.25) is 0 Å². The van der Waals surface area contributed by atoms with Crippen molar-refractivity contribution in [1.82, 2.24) is 4.98 Å². The number of aromatic nitrogens is 1. The van der Waals surface area contributed by atoms with Gasteiger partial charge in [0.15, 0.2) is 0 Å². The molecule has 0 fully saturated rings. The summed E-state index contributed by atoms with van der Waals surface area (Å²) in [6.45, 7) is 13.6. The van der Waals surface area contributed by atoms with Crippen LogP contribution in [0, 0.1) is 0 Å². The zero-order valence-electron chi connectivity index (χ0n) is 14.8. The predicted octanol–water partition coefficient (Wildman–Crippen LogP) is 5.92. The maximum Gasteiger partial charge on any atom is 0.0928 e. The van der Waals surface area contributed by atoms with Gasteiger partial charge in [-0.15, -0.1) is 11.3 Å². The van der Waals surface area contributed by atoms with Crippen LogP contribution in [0.3, 0.4) is 0 Å². The van der Waals surface area contributed by atoms with E-state index >= 15 is 0 Å². The SMILES string of the molecule is C=Cc1cc2c(cc1CCc1nccs1)C(C)(C)CCC2(C)C. The molecule has 1 aliphatic carbocycles. The second-order valence-corrected chi connectivity index (χ2v) is 8.97. The second-order valence-electron chi connectivity index (χ2n) is 7.99. The van der Waals surface area contributed by atoms with Crippen LogP contribution < -0.4 is 0 Å². The normalized spacial score (nSPS) is 18.4. The molecule has 0 amide bonds. The highest BCUT2D eigenvalue weighted by Gasteiger charge is 2.37. The van der Waals surface area contributed by atoms with Gasteiger partial charge in [-0.3, -0.25) is 0 Å². The fraction of sp³-hybridized carbons (Fsp3) is 0.476. The van der Waals surface area contributed by atoms with Crippen molar-refractivity contribution in [2.75, 3.05) is 0 Å². The van der Waals surface area contributed by atoms with E-state index in [1.165, 1.54) is 40.1 Å². The van der Waals surface area contributed by atoms with Gasteiger partial charge in [0, 0.05) is 18.0 Å². The highest BCUT2D eigenvalue weighted by molar-refractivity contribution is 7.09. The molecule has 1 aromatic carbocycles. The number of fused-ring (bicyclic) bond motifs is 1. The zero-order chi connectivity index (χ0) is 16.7. The molecular weight excluding hydrogens is 298 g/mol. The van der Waals surface area contributed by atoms with Gasteiger partial charge in [-0.2, -0.15) is 0 Å². The van der Waals surface area contributed by atoms with E-state index in [1.54, 1.807) is 11.3 Å². The molecule has 0 radical (unpaired) electrons. The summed E-state index contributed by atoms with van der Waals surface area (Å²) in [5.74, 6) is 0. The summed E-state index contributed by atoms with van der Waals surface area (Å²) in [6, 6.07) is 4.86. The zero-order valence-corrected chi connectivity index (χ0v) is 15.6. The molecule has 0 saturated heterocycles. The van der Waals surface area contributed by atoms with E-state index in [0.29, 0.717) is 0 Å². The Labute approximate surface area is 144 Å². The molecule has 2 heteroatoms. The lowest BCUT2D eigenvalue weighted by Gasteiger charge is -2.42. The van der Waals surface area contributed by atoms with Gasteiger partial charge < -0.3 is 0 Å². The quantitative estimate of drug-likeness (QED) is 0.680. The largest absolute Gasteiger partial charge is 0.250 e. The number of benzene rings is 1. The third-order valence-corrected chi connectivity index (χ3v) is 6.26. The van der Waals surface area contributed by atoms with Crippen molar-refractivity contribution in [2.24, 2.45) is 0 Å². The van der Waals surface area contributed by atoms with Crippen molar-refractivity contribution in [1.29, 1.82) is 0 Å². The summed E-state index contributed by atoms with van der Waals surface area (Å²) in [5.41, 5.74) is 6.29. The number of aryl methyl sites for hydroxylation is 2. The van der Waals surface area contributed by atoms with E-state index < -0.39 is 0 Å². The maximum absolute atomic E-state index is 4.42. The smallest absolute Gasteiger partial charge is 0.0928 e. The number of hydrogen-bond donors (Lipinski definition) is 0. The van der Waals surface area contributed by atoms with Crippen LogP contribution in [-0.2, 0) is 23.7 Å². The topological polar surface area (TPSA) is 12.9 Å². The fourth-order valence-corrected chi connectivity index (χ4v) is 4.32. The molecule has 1 aromatic heterocycles. The molecular formula is C21H27NS. The molecule has 122 valence electrons. The molecule has 0 saturated carbocycles. The van der Waals surface area contributed by atoms with E-state index in [1.807, 2.05) is 12.3 Å². The third-order valence-electron chi connectivity index (χ3n) is 5.42. The predicted molar refractivity (Wildman–Crippen MR) is 101 cm³/mol. The van der Waals surface area contributed by atoms with Crippen molar-refractivity contribution in [2.45, 2.75) is 64.2 Å². The van der Waals surface area contributed by atoms with E-state index in [9.17, 15) is 0 Å². The van der Waals surface area contributed by atoms with Gasteiger partial charge in [-0.1, -0.05) is 52.5 Å². The van der Waals surface area contributed by atoms with Crippen LogP contribution in [-0.4, -0.2) is 4.98 Å². The molecule has 23 heavy (non-hydrogen) atoms. The highest BCUT2D eigenvalue weighted by atomic mass is 32.1. The van der Waals surface area contributed by atoms with Crippen molar-refractivity contribution in [3.63, 3.8) is 0 Å². The number of nitrogens with zero attached hydrogens (tertiary/aromatic N) is 1. The summed E-state index contributed by atoms with van der Waals surface area (Å²) < 4.78 is 0. The Morgan fingerprint density at radius 1 is 1.09 bits per heavy atom. The van der Waals surface area contributed by atoms with Crippen molar-refractivity contribution in [3.05, 3.63) is 57.6 Å². The first-order valence-corrected chi connectivity index (χ1v) is 9.40. The molecule has 0 atom stereocenters. The van der Waals surface area contributed by atoms with E-state index in [-0.39, 0.29) is 10.8 Å². The maximum atomic E-state index is 4.42. The summed E-state index contributed by atoms with van der Waals surface area (Å²) >= 11 is 1.75. The van der Waals surface area contributed by atoms with Crippen LogP contribution >= 0.6 is 11.3 Å².